The van der Waals surface area contributed by atoms with Crippen LogP contribution in [0, 0.1) is 0 Å². The van der Waals surface area contributed by atoms with Gasteiger partial charge in [-0.3, -0.25) is 4.79 Å². The predicted molar refractivity (Wildman–Crippen MR) is 94.1 cm³/mol. The summed E-state index contributed by atoms with van der Waals surface area (Å²) in [4.78, 5) is 23.5. The molecule has 5 nitrogen and oxygen atoms in total. The number of para-hydroxylation sites is 1. The number of ether oxygens (including phenoxy) is 1. The van der Waals surface area contributed by atoms with E-state index in [4.69, 9.17) is 11.6 Å². The molecule has 0 bridgehead atoms. The van der Waals surface area contributed by atoms with E-state index in [0.29, 0.717) is 22.0 Å². The van der Waals surface area contributed by atoms with Gasteiger partial charge in [0.15, 0.2) is 0 Å². The van der Waals surface area contributed by atoms with Crippen molar-refractivity contribution in [1.29, 1.82) is 0 Å². The highest BCUT2D eigenvalue weighted by atomic mass is 79.9. The summed E-state index contributed by atoms with van der Waals surface area (Å²) in [6.45, 7) is 0.00564. The number of halogens is 2. The summed E-state index contributed by atoms with van der Waals surface area (Å²) in [6, 6.07) is 12.0. The minimum absolute atomic E-state index is 0.00564. The maximum absolute atomic E-state index is 12.0. The molecule has 2 aromatic rings. The monoisotopic (exact) mass is 396 g/mol. The molecule has 1 amide bonds. The van der Waals surface area contributed by atoms with Crippen molar-refractivity contribution in [3.63, 3.8) is 0 Å². The van der Waals surface area contributed by atoms with Crippen LogP contribution < -0.4 is 10.6 Å². The van der Waals surface area contributed by atoms with E-state index in [0.717, 1.165) is 4.47 Å². The average Bonchev–Trinajstić information content (AvgIpc) is 2.55. The Morgan fingerprint density at radius 3 is 2.61 bits per heavy atom. The van der Waals surface area contributed by atoms with Crippen molar-refractivity contribution in [2.75, 3.05) is 24.3 Å². The number of esters is 1. The summed E-state index contributed by atoms with van der Waals surface area (Å²) in [6.07, 6.45) is 0. The van der Waals surface area contributed by atoms with Crippen molar-refractivity contribution in [2.45, 2.75) is 0 Å². The van der Waals surface area contributed by atoms with E-state index in [1.807, 2.05) is 18.2 Å². The number of benzene rings is 2. The SMILES string of the molecule is COC(=O)c1ccc(Cl)c(NCC(=O)Nc2ccccc2Br)c1. The first-order valence-corrected chi connectivity index (χ1v) is 7.84. The smallest absolute Gasteiger partial charge is 0.337 e. The van der Waals surface area contributed by atoms with Gasteiger partial charge >= 0.3 is 5.97 Å². The second-order valence-corrected chi connectivity index (χ2v) is 5.83. The molecule has 0 heterocycles. The van der Waals surface area contributed by atoms with Crippen LogP contribution in [-0.2, 0) is 9.53 Å². The van der Waals surface area contributed by atoms with Crippen LogP contribution in [0.5, 0.6) is 0 Å². The van der Waals surface area contributed by atoms with Crippen LogP contribution in [0.15, 0.2) is 46.9 Å². The lowest BCUT2D eigenvalue weighted by molar-refractivity contribution is -0.114. The Morgan fingerprint density at radius 2 is 1.91 bits per heavy atom. The normalized spacial score (nSPS) is 10.0. The molecule has 0 fully saturated rings. The Balaban J connectivity index is 2.01. The molecule has 0 aliphatic carbocycles. The van der Waals surface area contributed by atoms with Crippen LogP contribution in [0.4, 0.5) is 11.4 Å². The van der Waals surface area contributed by atoms with E-state index in [1.165, 1.54) is 7.11 Å². The number of amides is 1. The number of hydrogen-bond acceptors (Lipinski definition) is 4. The van der Waals surface area contributed by atoms with Gasteiger partial charge in [-0.15, -0.1) is 0 Å². The van der Waals surface area contributed by atoms with Crippen LogP contribution in [0.25, 0.3) is 0 Å². The fraction of sp³-hybridized carbons (Fsp3) is 0.125. The molecule has 23 heavy (non-hydrogen) atoms. The third kappa shape index (κ3) is 4.71. The van der Waals surface area contributed by atoms with E-state index < -0.39 is 5.97 Å². The molecule has 0 radical (unpaired) electrons. The van der Waals surface area contributed by atoms with Crippen LogP contribution in [0.1, 0.15) is 10.4 Å². The molecule has 0 aromatic heterocycles. The zero-order valence-electron chi connectivity index (χ0n) is 12.2. The number of anilines is 2. The summed E-state index contributed by atoms with van der Waals surface area (Å²) in [5.41, 5.74) is 1.51. The maximum atomic E-state index is 12.0. The molecule has 0 aliphatic heterocycles. The number of hydrogen-bond donors (Lipinski definition) is 2. The molecular formula is C16H14BrClN2O3. The molecule has 0 spiro atoms. The van der Waals surface area contributed by atoms with E-state index >= 15 is 0 Å². The van der Waals surface area contributed by atoms with Crippen LogP contribution in [0.2, 0.25) is 5.02 Å². The zero-order valence-corrected chi connectivity index (χ0v) is 14.6. The lowest BCUT2D eigenvalue weighted by Gasteiger charge is -2.11. The lowest BCUT2D eigenvalue weighted by atomic mass is 10.2. The Hall–Kier alpha value is -2.05. The molecule has 0 unspecified atom stereocenters. The fourth-order valence-electron chi connectivity index (χ4n) is 1.84. The van der Waals surface area contributed by atoms with E-state index in [-0.39, 0.29) is 12.5 Å². The number of carbonyl (C=O) groups is 2. The molecule has 2 aromatic carbocycles. The van der Waals surface area contributed by atoms with Crippen LogP contribution in [0.3, 0.4) is 0 Å². The first-order valence-electron chi connectivity index (χ1n) is 6.67. The van der Waals surface area contributed by atoms with E-state index in [1.54, 1.807) is 24.3 Å². The highest BCUT2D eigenvalue weighted by molar-refractivity contribution is 9.10. The van der Waals surface area contributed by atoms with Crippen molar-refractivity contribution in [2.24, 2.45) is 0 Å². The van der Waals surface area contributed by atoms with E-state index in [2.05, 4.69) is 31.3 Å². The second-order valence-electron chi connectivity index (χ2n) is 4.57. The number of rotatable bonds is 5. The van der Waals surface area contributed by atoms with Crippen molar-refractivity contribution >= 4 is 50.8 Å². The minimum Gasteiger partial charge on any atom is -0.465 e. The second kappa shape index (κ2) is 7.99. The Morgan fingerprint density at radius 1 is 1.17 bits per heavy atom. The van der Waals surface area contributed by atoms with Gasteiger partial charge < -0.3 is 15.4 Å². The van der Waals surface area contributed by atoms with Crippen molar-refractivity contribution in [3.8, 4) is 0 Å². The Labute approximate surface area is 147 Å². The van der Waals surface area contributed by atoms with Gasteiger partial charge in [-0.05, 0) is 46.3 Å². The Bertz CT molecular complexity index is 737. The minimum atomic E-state index is -0.470. The van der Waals surface area contributed by atoms with Gasteiger partial charge in [0.2, 0.25) is 5.91 Å². The summed E-state index contributed by atoms with van der Waals surface area (Å²) in [5.74, 6) is -0.709. The van der Waals surface area contributed by atoms with Gasteiger partial charge in [0.05, 0.1) is 35.6 Å². The standard InChI is InChI=1S/C16H14BrClN2O3/c1-23-16(22)10-6-7-12(18)14(8-10)19-9-15(21)20-13-5-3-2-4-11(13)17/h2-8,19H,9H2,1H3,(H,20,21). The molecule has 7 heteroatoms. The average molecular weight is 398 g/mol. The molecular weight excluding hydrogens is 384 g/mol. The van der Waals surface area contributed by atoms with E-state index in [9.17, 15) is 9.59 Å². The molecule has 2 N–H and O–H groups in total. The maximum Gasteiger partial charge on any atom is 0.337 e. The third-order valence-corrected chi connectivity index (χ3v) is 4.00. The first-order chi connectivity index (χ1) is 11.0. The summed E-state index contributed by atoms with van der Waals surface area (Å²) in [5, 5.41) is 6.08. The van der Waals surface area contributed by atoms with Gasteiger partial charge in [-0.25, -0.2) is 4.79 Å². The van der Waals surface area contributed by atoms with Crippen LogP contribution in [-0.4, -0.2) is 25.5 Å². The van der Waals surface area contributed by atoms with Gasteiger partial charge in [0, 0.05) is 4.47 Å². The highest BCUT2D eigenvalue weighted by Gasteiger charge is 2.10. The molecule has 0 saturated carbocycles. The zero-order chi connectivity index (χ0) is 16.8. The summed E-state index contributed by atoms with van der Waals surface area (Å²) < 4.78 is 5.45. The first kappa shape index (κ1) is 17.3. The molecule has 0 saturated heterocycles. The van der Waals surface area contributed by atoms with Gasteiger partial charge in [-0.2, -0.15) is 0 Å². The number of methoxy groups -OCH3 is 1. The topological polar surface area (TPSA) is 67.4 Å². The molecule has 2 rings (SSSR count). The number of nitrogens with one attached hydrogen (secondary N) is 2. The summed E-state index contributed by atoms with van der Waals surface area (Å²) in [7, 11) is 1.30. The fourth-order valence-corrected chi connectivity index (χ4v) is 2.41. The Kier molecular flexibility index (Phi) is 6.01. The summed E-state index contributed by atoms with van der Waals surface area (Å²) >= 11 is 9.42. The van der Waals surface area contributed by atoms with Crippen LogP contribution >= 0.6 is 27.5 Å². The molecule has 0 atom stereocenters. The molecule has 120 valence electrons. The van der Waals surface area contributed by atoms with Crippen molar-refractivity contribution in [1.82, 2.24) is 0 Å². The van der Waals surface area contributed by atoms with Gasteiger partial charge in [-0.1, -0.05) is 23.7 Å². The van der Waals surface area contributed by atoms with Gasteiger partial charge in [0.1, 0.15) is 0 Å². The molecule has 0 aliphatic rings. The predicted octanol–water partition coefficient (Wildman–Crippen LogP) is 3.94. The largest absolute Gasteiger partial charge is 0.465 e. The third-order valence-electron chi connectivity index (χ3n) is 2.97. The quantitative estimate of drug-likeness (QED) is 0.750. The lowest BCUT2D eigenvalue weighted by Crippen LogP contribution is -2.22. The van der Waals surface area contributed by atoms with Crippen molar-refractivity contribution < 1.29 is 14.3 Å². The van der Waals surface area contributed by atoms with Crippen molar-refractivity contribution in [3.05, 3.63) is 57.5 Å². The highest BCUT2D eigenvalue weighted by Crippen LogP contribution is 2.24. The van der Waals surface area contributed by atoms with Gasteiger partial charge in [0.25, 0.3) is 0 Å². The number of carbonyl (C=O) groups excluding carboxylic acids is 2.